The van der Waals surface area contributed by atoms with Crippen molar-refractivity contribution in [1.82, 2.24) is 0 Å². The Balaban J connectivity index is 3.53. The quantitative estimate of drug-likeness (QED) is 0.756. The molecule has 0 fully saturated rings. The van der Waals surface area contributed by atoms with Crippen molar-refractivity contribution in [3.63, 3.8) is 0 Å². The monoisotopic (exact) mass is 194 g/mol. The summed E-state index contributed by atoms with van der Waals surface area (Å²) in [6.07, 6.45) is 0. The standard InChI is InChI=1S/C9H7FN2O2/c1-14-8-5(4-11)2-3-6(10)7(8)9(12)13/h2-3H,1H3,(H2,12,13). The van der Waals surface area contributed by atoms with E-state index < -0.39 is 17.3 Å². The summed E-state index contributed by atoms with van der Waals surface area (Å²) in [6, 6.07) is 3.99. The van der Waals surface area contributed by atoms with E-state index in [9.17, 15) is 9.18 Å². The Morgan fingerprint density at radius 3 is 2.71 bits per heavy atom. The molecule has 0 unspecified atom stereocenters. The minimum Gasteiger partial charge on any atom is -0.494 e. The molecule has 1 aromatic carbocycles. The Labute approximate surface area is 79.7 Å². The Kier molecular flexibility index (Phi) is 2.67. The van der Waals surface area contributed by atoms with Gasteiger partial charge in [0.25, 0.3) is 5.91 Å². The lowest BCUT2D eigenvalue weighted by molar-refractivity contribution is 0.0993. The number of methoxy groups -OCH3 is 1. The molecule has 1 aromatic rings. The van der Waals surface area contributed by atoms with E-state index in [0.717, 1.165) is 6.07 Å². The summed E-state index contributed by atoms with van der Waals surface area (Å²) in [5.41, 5.74) is 4.62. The summed E-state index contributed by atoms with van der Waals surface area (Å²) in [6.45, 7) is 0. The molecule has 1 amide bonds. The lowest BCUT2D eigenvalue weighted by Crippen LogP contribution is -2.15. The van der Waals surface area contributed by atoms with Crippen LogP contribution in [0.1, 0.15) is 15.9 Å². The first-order chi connectivity index (χ1) is 6.61. The van der Waals surface area contributed by atoms with E-state index in [0.29, 0.717) is 0 Å². The van der Waals surface area contributed by atoms with Crippen LogP contribution in [0, 0.1) is 17.1 Å². The van der Waals surface area contributed by atoms with Crippen LogP contribution in [0.15, 0.2) is 12.1 Å². The molecule has 2 N–H and O–H groups in total. The molecule has 0 aliphatic heterocycles. The summed E-state index contributed by atoms with van der Waals surface area (Å²) < 4.78 is 17.9. The molecular weight excluding hydrogens is 187 g/mol. The second-order valence-electron chi connectivity index (χ2n) is 2.48. The van der Waals surface area contributed by atoms with Crippen LogP contribution in [0.3, 0.4) is 0 Å². The van der Waals surface area contributed by atoms with E-state index in [4.69, 9.17) is 15.7 Å². The molecule has 4 nitrogen and oxygen atoms in total. The Morgan fingerprint density at radius 2 is 2.29 bits per heavy atom. The number of primary amides is 1. The zero-order chi connectivity index (χ0) is 10.7. The first-order valence-corrected chi connectivity index (χ1v) is 3.68. The van der Waals surface area contributed by atoms with Gasteiger partial charge in [-0.25, -0.2) is 4.39 Å². The molecule has 0 spiro atoms. The maximum Gasteiger partial charge on any atom is 0.255 e. The van der Waals surface area contributed by atoms with Crippen molar-refractivity contribution in [2.45, 2.75) is 0 Å². The van der Waals surface area contributed by atoms with Crippen LogP contribution in [0.4, 0.5) is 4.39 Å². The number of carbonyl (C=O) groups excluding carboxylic acids is 1. The molecule has 0 aliphatic carbocycles. The van der Waals surface area contributed by atoms with Crippen molar-refractivity contribution in [2.24, 2.45) is 5.73 Å². The third kappa shape index (κ3) is 1.50. The summed E-state index contributed by atoms with van der Waals surface area (Å²) in [7, 11) is 1.24. The zero-order valence-corrected chi connectivity index (χ0v) is 7.37. The fourth-order valence-corrected chi connectivity index (χ4v) is 1.09. The van der Waals surface area contributed by atoms with Gasteiger partial charge in [0.2, 0.25) is 0 Å². The molecule has 0 saturated heterocycles. The number of amides is 1. The molecule has 5 heteroatoms. The first kappa shape index (κ1) is 9.99. The molecule has 0 saturated carbocycles. The van der Waals surface area contributed by atoms with Crippen LogP contribution in [0.25, 0.3) is 0 Å². The van der Waals surface area contributed by atoms with Gasteiger partial charge in [0.05, 0.1) is 12.7 Å². The highest BCUT2D eigenvalue weighted by Crippen LogP contribution is 2.25. The minimum atomic E-state index is -0.962. The lowest BCUT2D eigenvalue weighted by Gasteiger charge is -2.07. The van der Waals surface area contributed by atoms with Crippen LogP contribution >= 0.6 is 0 Å². The molecule has 0 radical (unpaired) electrons. The number of carbonyl (C=O) groups is 1. The second kappa shape index (κ2) is 3.75. The minimum absolute atomic E-state index is 0.0719. The van der Waals surface area contributed by atoms with Crippen LogP contribution in [0.5, 0.6) is 5.75 Å². The van der Waals surface area contributed by atoms with Crippen molar-refractivity contribution in [1.29, 1.82) is 5.26 Å². The SMILES string of the molecule is COc1c(C#N)ccc(F)c1C(N)=O. The molecule has 1 rings (SSSR count). The number of benzene rings is 1. The second-order valence-corrected chi connectivity index (χ2v) is 2.48. The van der Waals surface area contributed by atoms with Crippen molar-refractivity contribution >= 4 is 5.91 Å². The number of nitrogens with two attached hydrogens (primary N) is 1. The van der Waals surface area contributed by atoms with Gasteiger partial charge in [0, 0.05) is 0 Å². The number of rotatable bonds is 2. The van der Waals surface area contributed by atoms with Crippen LogP contribution in [-0.2, 0) is 0 Å². The third-order valence-corrected chi connectivity index (χ3v) is 1.68. The summed E-state index contributed by atoms with van der Waals surface area (Å²) in [5.74, 6) is -1.88. The van der Waals surface area contributed by atoms with Gasteiger partial charge in [-0.15, -0.1) is 0 Å². The average Bonchev–Trinajstić information content (AvgIpc) is 2.16. The van der Waals surface area contributed by atoms with Gasteiger partial charge in [0.1, 0.15) is 17.4 Å². The molecule has 0 atom stereocenters. The molecule has 0 aromatic heterocycles. The molecule has 72 valence electrons. The van der Waals surface area contributed by atoms with Gasteiger partial charge in [0.15, 0.2) is 5.75 Å². The van der Waals surface area contributed by atoms with Crippen LogP contribution in [0.2, 0.25) is 0 Å². The average molecular weight is 194 g/mol. The molecule has 0 heterocycles. The van der Waals surface area contributed by atoms with E-state index in [1.165, 1.54) is 13.2 Å². The summed E-state index contributed by atoms with van der Waals surface area (Å²) in [4.78, 5) is 10.9. The highest BCUT2D eigenvalue weighted by Gasteiger charge is 2.18. The normalized spacial score (nSPS) is 9.21. The predicted octanol–water partition coefficient (Wildman–Crippen LogP) is 0.805. The number of ether oxygens (including phenoxy) is 1. The fraction of sp³-hybridized carbons (Fsp3) is 0.111. The van der Waals surface area contributed by atoms with Crippen molar-refractivity contribution in [3.8, 4) is 11.8 Å². The number of nitrogens with zero attached hydrogens (tertiary/aromatic N) is 1. The molecule has 0 bridgehead atoms. The van der Waals surface area contributed by atoms with Crippen molar-refractivity contribution in [2.75, 3.05) is 7.11 Å². The predicted molar refractivity (Wildman–Crippen MR) is 46.2 cm³/mol. The summed E-state index contributed by atoms with van der Waals surface area (Å²) >= 11 is 0. The maximum atomic E-state index is 13.1. The van der Waals surface area contributed by atoms with Gasteiger partial charge in [-0.2, -0.15) is 5.26 Å². The fourth-order valence-electron chi connectivity index (χ4n) is 1.09. The van der Waals surface area contributed by atoms with E-state index in [1.54, 1.807) is 6.07 Å². The van der Waals surface area contributed by atoms with Gasteiger partial charge < -0.3 is 10.5 Å². The largest absolute Gasteiger partial charge is 0.494 e. The van der Waals surface area contributed by atoms with Crippen LogP contribution < -0.4 is 10.5 Å². The smallest absolute Gasteiger partial charge is 0.255 e. The number of nitriles is 1. The van der Waals surface area contributed by atoms with E-state index in [2.05, 4.69) is 0 Å². The summed E-state index contributed by atoms with van der Waals surface area (Å²) in [5, 5.41) is 8.64. The Morgan fingerprint density at radius 1 is 1.64 bits per heavy atom. The number of halogens is 1. The van der Waals surface area contributed by atoms with Crippen LogP contribution in [-0.4, -0.2) is 13.0 Å². The zero-order valence-electron chi connectivity index (χ0n) is 7.37. The topological polar surface area (TPSA) is 76.1 Å². The highest BCUT2D eigenvalue weighted by molar-refractivity contribution is 5.96. The van der Waals surface area contributed by atoms with Crippen molar-refractivity contribution in [3.05, 3.63) is 29.1 Å². The van der Waals surface area contributed by atoms with Gasteiger partial charge in [-0.05, 0) is 12.1 Å². The van der Waals surface area contributed by atoms with E-state index in [1.807, 2.05) is 0 Å². The number of hydrogen-bond acceptors (Lipinski definition) is 3. The molecule has 14 heavy (non-hydrogen) atoms. The Hall–Kier alpha value is -2.09. The Bertz CT molecular complexity index is 424. The lowest BCUT2D eigenvalue weighted by atomic mass is 10.1. The van der Waals surface area contributed by atoms with Gasteiger partial charge in [-0.1, -0.05) is 0 Å². The first-order valence-electron chi connectivity index (χ1n) is 3.68. The molecule has 0 aliphatic rings. The van der Waals surface area contributed by atoms with Gasteiger partial charge in [-0.3, -0.25) is 4.79 Å². The van der Waals surface area contributed by atoms with E-state index in [-0.39, 0.29) is 11.3 Å². The highest BCUT2D eigenvalue weighted by atomic mass is 19.1. The molecular formula is C9H7FN2O2. The van der Waals surface area contributed by atoms with Gasteiger partial charge >= 0.3 is 0 Å². The number of hydrogen-bond donors (Lipinski definition) is 1. The van der Waals surface area contributed by atoms with Crippen molar-refractivity contribution < 1.29 is 13.9 Å². The third-order valence-electron chi connectivity index (χ3n) is 1.68. The maximum absolute atomic E-state index is 13.1. The van der Waals surface area contributed by atoms with E-state index >= 15 is 0 Å².